The van der Waals surface area contributed by atoms with Crippen LogP contribution in [0.4, 0.5) is 0 Å². The maximum atomic E-state index is 12.6. The first kappa shape index (κ1) is 19.8. The van der Waals surface area contributed by atoms with Crippen molar-refractivity contribution >= 4 is 26.0 Å². The van der Waals surface area contributed by atoms with Crippen molar-refractivity contribution in [3.8, 4) is 0 Å². The molecule has 0 saturated carbocycles. The maximum Gasteiger partial charge on any atom is 0.308 e. The number of hydrogen-bond acceptors (Lipinski definition) is 5. The molecule has 8 nitrogen and oxygen atoms in total. The Morgan fingerprint density at radius 3 is 2.20 bits per heavy atom. The number of nitrogens with zero attached hydrogens (tertiary/aromatic N) is 1. The molecular weight excluding hydrogens is 368 g/mol. The van der Waals surface area contributed by atoms with Crippen molar-refractivity contribution in [2.45, 2.75) is 30.1 Å². The fourth-order valence-electron chi connectivity index (χ4n) is 2.70. The van der Waals surface area contributed by atoms with E-state index in [9.17, 15) is 21.6 Å². The third-order valence-corrected chi connectivity index (χ3v) is 7.53. The van der Waals surface area contributed by atoms with E-state index in [1.807, 2.05) is 6.92 Å². The minimum absolute atomic E-state index is 0.0156. The molecule has 0 unspecified atom stereocenters. The molecule has 1 aliphatic heterocycles. The summed E-state index contributed by atoms with van der Waals surface area (Å²) in [7, 11) is -7.53. The number of rotatable bonds is 7. The number of hydrogen-bond donors (Lipinski definition) is 2. The fraction of sp³-hybridized carbons (Fsp3) is 0.533. The Kier molecular flexibility index (Phi) is 5.87. The van der Waals surface area contributed by atoms with E-state index in [1.165, 1.54) is 24.3 Å². The van der Waals surface area contributed by atoms with Crippen molar-refractivity contribution in [2.75, 3.05) is 19.6 Å². The third-order valence-electron chi connectivity index (χ3n) is 4.21. The fourth-order valence-corrected chi connectivity index (χ4v) is 5.40. The van der Waals surface area contributed by atoms with Gasteiger partial charge < -0.3 is 5.11 Å². The van der Waals surface area contributed by atoms with Crippen molar-refractivity contribution in [3.63, 3.8) is 0 Å². The van der Waals surface area contributed by atoms with Gasteiger partial charge >= 0.3 is 5.97 Å². The topological polar surface area (TPSA) is 121 Å². The molecular formula is C15H22N2O6S2. The number of carboxylic acids is 1. The van der Waals surface area contributed by atoms with Gasteiger partial charge in [-0.3, -0.25) is 4.79 Å². The molecule has 0 spiro atoms. The monoisotopic (exact) mass is 390 g/mol. The van der Waals surface area contributed by atoms with Gasteiger partial charge in [-0.25, -0.2) is 21.6 Å². The predicted octanol–water partition coefficient (Wildman–Crippen LogP) is 0.716. The van der Waals surface area contributed by atoms with Crippen LogP contribution in [0.3, 0.4) is 0 Å². The molecule has 0 aliphatic carbocycles. The molecule has 0 bridgehead atoms. The highest BCUT2D eigenvalue weighted by molar-refractivity contribution is 7.89. The van der Waals surface area contributed by atoms with E-state index in [1.54, 1.807) is 6.92 Å². The normalized spacial score (nSPS) is 22.2. The summed E-state index contributed by atoms with van der Waals surface area (Å²) in [5.41, 5.74) is 0. The Labute approximate surface area is 147 Å². The van der Waals surface area contributed by atoms with Gasteiger partial charge in [-0.2, -0.15) is 4.31 Å². The van der Waals surface area contributed by atoms with E-state index in [-0.39, 0.29) is 28.8 Å². The van der Waals surface area contributed by atoms with Gasteiger partial charge in [0.05, 0.1) is 15.7 Å². The van der Waals surface area contributed by atoms with Crippen LogP contribution in [0.1, 0.15) is 20.3 Å². The highest BCUT2D eigenvalue weighted by Gasteiger charge is 2.40. The second-order valence-electron chi connectivity index (χ2n) is 6.11. The van der Waals surface area contributed by atoms with Crippen LogP contribution in [-0.4, -0.2) is 51.9 Å². The van der Waals surface area contributed by atoms with Crippen LogP contribution in [0.25, 0.3) is 0 Å². The second kappa shape index (κ2) is 7.40. The summed E-state index contributed by atoms with van der Waals surface area (Å²) >= 11 is 0. The summed E-state index contributed by atoms with van der Waals surface area (Å²) in [5.74, 6) is -2.05. The molecule has 1 aliphatic rings. The zero-order valence-corrected chi connectivity index (χ0v) is 15.7. The standard InChI is InChI=1S/C15H22N2O6S2/c1-3-8-16-24(20,21)12-4-6-13(7-5-12)25(22,23)17-9-11(2)14(10-17)15(18)19/h4-7,11,14,16H,3,8-10H2,1-2H3,(H,18,19)/t11-,14-/m1/s1. The van der Waals surface area contributed by atoms with E-state index in [2.05, 4.69) is 4.72 Å². The summed E-state index contributed by atoms with van der Waals surface area (Å²) in [5, 5.41) is 9.14. The second-order valence-corrected chi connectivity index (χ2v) is 9.82. The van der Waals surface area contributed by atoms with Gasteiger partial charge in [0.1, 0.15) is 0 Å². The molecule has 2 N–H and O–H groups in total. The van der Waals surface area contributed by atoms with Crippen LogP contribution < -0.4 is 4.72 Å². The SMILES string of the molecule is CCCNS(=O)(=O)c1ccc(S(=O)(=O)N2C[C@@H](C)[C@H](C(=O)O)C2)cc1. The van der Waals surface area contributed by atoms with Crippen LogP contribution in [0.5, 0.6) is 0 Å². The number of nitrogens with one attached hydrogen (secondary N) is 1. The first-order chi connectivity index (χ1) is 11.6. The molecule has 1 saturated heterocycles. The molecule has 10 heteroatoms. The van der Waals surface area contributed by atoms with Crippen molar-refractivity contribution in [1.82, 2.24) is 9.03 Å². The first-order valence-electron chi connectivity index (χ1n) is 7.92. The van der Waals surface area contributed by atoms with E-state index < -0.39 is 31.9 Å². The minimum Gasteiger partial charge on any atom is -0.481 e. The summed E-state index contributed by atoms with van der Waals surface area (Å²) in [6, 6.07) is 4.93. The van der Waals surface area contributed by atoms with E-state index in [4.69, 9.17) is 5.11 Å². The molecule has 1 fully saturated rings. The molecule has 25 heavy (non-hydrogen) atoms. The lowest BCUT2D eigenvalue weighted by molar-refractivity contribution is -0.142. The molecule has 1 aromatic rings. The molecule has 1 heterocycles. The van der Waals surface area contributed by atoms with E-state index >= 15 is 0 Å². The summed E-state index contributed by atoms with van der Waals surface area (Å²) in [6.45, 7) is 3.86. The number of aliphatic carboxylic acids is 1. The van der Waals surface area contributed by atoms with Gasteiger partial charge in [0.25, 0.3) is 0 Å². The van der Waals surface area contributed by atoms with Crippen molar-refractivity contribution in [2.24, 2.45) is 11.8 Å². The Hall–Kier alpha value is -1.49. The van der Waals surface area contributed by atoms with Crippen LogP contribution in [-0.2, 0) is 24.8 Å². The number of benzene rings is 1. The first-order valence-corrected chi connectivity index (χ1v) is 10.8. The molecule has 2 rings (SSSR count). The number of carbonyl (C=O) groups is 1. The van der Waals surface area contributed by atoms with Crippen LogP contribution in [0.2, 0.25) is 0 Å². The smallest absolute Gasteiger partial charge is 0.308 e. The lowest BCUT2D eigenvalue weighted by Gasteiger charge is -2.16. The summed E-state index contributed by atoms with van der Waals surface area (Å²) < 4.78 is 52.9. The van der Waals surface area contributed by atoms with Gasteiger partial charge in [-0.15, -0.1) is 0 Å². The quantitative estimate of drug-likeness (QED) is 0.707. The van der Waals surface area contributed by atoms with Crippen molar-refractivity contribution < 1.29 is 26.7 Å². The Morgan fingerprint density at radius 1 is 1.16 bits per heavy atom. The number of sulfonamides is 2. The highest BCUT2D eigenvalue weighted by atomic mass is 32.2. The van der Waals surface area contributed by atoms with E-state index in [0.717, 1.165) is 4.31 Å². The number of carboxylic acid groups (broad SMARTS) is 1. The minimum atomic E-state index is -3.86. The molecule has 140 valence electrons. The lowest BCUT2D eigenvalue weighted by atomic mass is 9.99. The summed E-state index contributed by atoms with van der Waals surface area (Å²) in [6.07, 6.45) is 0.642. The molecule has 0 radical (unpaired) electrons. The van der Waals surface area contributed by atoms with Crippen LogP contribution in [0, 0.1) is 11.8 Å². The zero-order chi connectivity index (χ0) is 18.8. The summed E-state index contributed by atoms with van der Waals surface area (Å²) in [4.78, 5) is 11.1. The van der Waals surface area contributed by atoms with E-state index in [0.29, 0.717) is 13.0 Å². The molecule has 0 aromatic heterocycles. The zero-order valence-electron chi connectivity index (χ0n) is 14.0. The van der Waals surface area contributed by atoms with Crippen LogP contribution >= 0.6 is 0 Å². The Bertz CT molecular complexity index is 833. The maximum absolute atomic E-state index is 12.6. The van der Waals surface area contributed by atoms with Gasteiger partial charge in [0, 0.05) is 19.6 Å². The molecule has 0 amide bonds. The molecule has 1 aromatic carbocycles. The average molecular weight is 390 g/mol. The van der Waals surface area contributed by atoms with Gasteiger partial charge in [0.15, 0.2) is 0 Å². The predicted molar refractivity (Wildman–Crippen MR) is 91.0 cm³/mol. The lowest BCUT2D eigenvalue weighted by Crippen LogP contribution is -2.30. The molecule has 2 atom stereocenters. The largest absolute Gasteiger partial charge is 0.481 e. The van der Waals surface area contributed by atoms with Crippen LogP contribution in [0.15, 0.2) is 34.1 Å². The average Bonchev–Trinajstić information content (AvgIpc) is 2.96. The highest BCUT2D eigenvalue weighted by Crippen LogP contribution is 2.29. The van der Waals surface area contributed by atoms with Gasteiger partial charge in [0.2, 0.25) is 20.0 Å². The Morgan fingerprint density at radius 2 is 1.72 bits per heavy atom. The third kappa shape index (κ3) is 4.20. The van der Waals surface area contributed by atoms with Gasteiger partial charge in [-0.05, 0) is 36.6 Å². The Balaban J connectivity index is 2.23. The van der Waals surface area contributed by atoms with Gasteiger partial charge in [-0.1, -0.05) is 13.8 Å². The van der Waals surface area contributed by atoms with Crippen molar-refractivity contribution in [1.29, 1.82) is 0 Å². The van der Waals surface area contributed by atoms with Crippen molar-refractivity contribution in [3.05, 3.63) is 24.3 Å².